The number of carbonyl (C=O) groups excluding carboxylic acids is 1. The van der Waals surface area contributed by atoms with Crippen molar-refractivity contribution in [1.82, 2.24) is 10.9 Å². The zero-order valence-corrected chi connectivity index (χ0v) is 6.03. The van der Waals surface area contributed by atoms with Crippen molar-refractivity contribution in [3.05, 3.63) is 0 Å². The average Bonchev–Trinajstić information content (AvgIpc) is 1.85. The van der Waals surface area contributed by atoms with Crippen molar-refractivity contribution in [2.75, 3.05) is 7.05 Å². The highest BCUT2D eigenvalue weighted by molar-refractivity contribution is 5.75. The van der Waals surface area contributed by atoms with Crippen LogP contribution in [0, 0.1) is 0 Å². The van der Waals surface area contributed by atoms with Crippen LogP contribution in [0.15, 0.2) is 0 Å². The molecule has 0 rings (SSSR count). The largest absolute Gasteiger partial charge is 0.292 e. The van der Waals surface area contributed by atoms with E-state index >= 15 is 0 Å². The average molecular weight is 130 g/mol. The van der Waals surface area contributed by atoms with E-state index in [0.29, 0.717) is 6.42 Å². The molecule has 1 amide bonds. The van der Waals surface area contributed by atoms with Gasteiger partial charge in [0, 0.05) is 13.5 Å². The lowest BCUT2D eigenvalue weighted by Crippen LogP contribution is -2.33. The smallest absolute Gasteiger partial charge is 0.234 e. The van der Waals surface area contributed by atoms with Crippen LogP contribution in [0.25, 0.3) is 0 Å². The van der Waals surface area contributed by atoms with Crippen molar-refractivity contribution in [3.63, 3.8) is 0 Å². The Bertz CT molecular complexity index is 83.1. The minimum absolute atomic E-state index is 0.0688. The number of nitrogens with one attached hydrogen (secondary N) is 2. The Kier molecular flexibility index (Phi) is 5.21. The Hall–Kier alpha value is -0.570. The maximum Gasteiger partial charge on any atom is 0.234 e. The third-order valence-electron chi connectivity index (χ3n) is 1.02. The van der Waals surface area contributed by atoms with E-state index in [2.05, 4.69) is 17.8 Å². The second-order valence-electron chi connectivity index (χ2n) is 1.90. The summed E-state index contributed by atoms with van der Waals surface area (Å²) in [6.45, 7) is 2.06. The molecule has 0 heterocycles. The number of hydrogen-bond acceptors (Lipinski definition) is 2. The standard InChI is InChI=1S/C6H14N2O/c1-3-4-5-6(9)8-7-2/h7H,3-5H2,1-2H3,(H,8,9). The molecule has 0 unspecified atom stereocenters. The quantitative estimate of drug-likeness (QED) is 0.542. The van der Waals surface area contributed by atoms with Crippen LogP contribution >= 0.6 is 0 Å². The molecule has 0 spiro atoms. The Morgan fingerprint density at radius 3 is 2.67 bits per heavy atom. The molecule has 3 heteroatoms. The van der Waals surface area contributed by atoms with E-state index in [0.717, 1.165) is 12.8 Å². The first-order valence-electron chi connectivity index (χ1n) is 3.26. The summed E-state index contributed by atoms with van der Waals surface area (Å²) >= 11 is 0. The zero-order chi connectivity index (χ0) is 7.11. The van der Waals surface area contributed by atoms with Crippen LogP contribution in [-0.4, -0.2) is 13.0 Å². The van der Waals surface area contributed by atoms with Gasteiger partial charge in [0.1, 0.15) is 0 Å². The van der Waals surface area contributed by atoms with Crippen LogP contribution in [-0.2, 0) is 4.79 Å². The van der Waals surface area contributed by atoms with E-state index < -0.39 is 0 Å². The fourth-order valence-electron chi connectivity index (χ4n) is 0.539. The summed E-state index contributed by atoms with van der Waals surface area (Å²) in [4.78, 5) is 10.6. The predicted molar refractivity (Wildman–Crippen MR) is 36.7 cm³/mol. The van der Waals surface area contributed by atoms with Crippen molar-refractivity contribution in [2.24, 2.45) is 0 Å². The van der Waals surface area contributed by atoms with E-state index in [4.69, 9.17) is 0 Å². The number of carbonyl (C=O) groups is 1. The van der Waals surface area contributed by atoms with Crippen molar-refractivity contribution in [3.8, 4) is 0 Å². The SMILES string of the molecule is CCCCC(=O)NNC. The molecule has 54 valence electrons. The van der Waals surface area contributed by atoms with Crippen molar-refractivity contribution in [1.29, 1.82) is 0 Å². The van der Waals surface area contributed by atoms with Crippen LogP contribution in [0.2, 0.25) is 0 Å². The van der Waals surface area contributed by atoms with Crippen molar-refractivity contribution >= 4 is 5.91 Å². The van der Waals surface area contributed by atoms with E-state index in [-0.39, 0.29) is 5.91 Å². The maximum absolute atomic E-state index is 10.6. The molecule has 0 saturated heterocycles. The normalized spacial score (nSPS) is 9.11. The second-order valence-corrected chi connectivity index (χ2v) is 1.90. The van der Waals surface area contributed by atoms with Gasteiger partial charge < -0.3 is 0 Å². The monoisotopic (exact) mass is 130 g/mol. The number of unbranched alkanes of at least 4 members (excludes halogenated alkanes) is 1. The highest BCUT2D eigenvalue weighted by atomic mass is 16.2. The minimum atomic E-state index is 0.0688. The highest BCUT2D eigenvalue weighted by Crippen LogP contribution is 1.91. The zero-order valence-electron chi connectivity index (χ0n) is 6.03. The third-order valence-corrected chi connectivity index (χ3v) is 1.02. The van der Waals surface area contributed by atoms with Crippen molar-refractivity contribution in [2.45, 2.75) is 26.2 Å². The first-order valence-corrected chi connectivity index (χ1v) is 3.26. The van der Waals surface area contributed by atoms with Crippen LogP contribution in [0.3, 0.4) is 0 Å². The molecule has 0 bridgehead atoms. The van der Waals surface area contributed by atoms with E-state index in [1.807, 2.05) is 0 Å². The van der Waals surface area contributed by atoms with Crippen LogP contribution in [0.5, 0.6) is 0 Å². The van der Waals surface area contributed by atoms with Crippen molar-refractivity contribution < 1.29 is 4.79 Å². The summed E-state index contributed by atoms with van der Waals surface area (Å²) in [6.07, 6.45) is 2.65. The molecule has 0 atom stereocenters. The van der Waals surface area contributed by atoms with Gasteiger partial charge in [0.2, 0.25) is 5.91 Å². The van der Waals surface area contributed by atoms with Gasteiger partial charge in [-0.1, -0.05) is 13.3 Å². The lowest BCUT2D eigenvalue weighted by atomic mass is 10.2. The molecule has 0 aliphatic rings. The summed E-state index contributed by atoms with van der Waals surface area (Å²) in [6, 6.07) is 0. The Labute approximate surface area is 55.8 Å². The molecule has 0 saturated carbocycles. The number of hydrogen-bond donors (Lipinski definition) is 2. The Morgan fingerprint density at radius 1 is 1.56 bits per heavy atom. The summed E-state index contributed by atoms with van der Waals surface area (Å²) in [5.74, 6) is 0.0688. The Morgan fingerprint density at radius 2 is 2.22 bits per heavy atom. The van der Waals surface area contributed by atoms with Gasteiger partial charge in [-0.05, 0) is 6.42 Å². The summed E-state index contributed by atoms with van der Waals surface area (Å²) < 4.78 is 0. The summed E-state index contributed by atoms with van der Waals surface area (Å²) in [7, 11) is 1.68. The second kappa shape index (κ2) is 5.56. The Balaban J connectivity index is 3.06. The van der Waals surface area contributed by atoms with Gasteiger partial charge in [0.25, 0.3) is 0 Å². The van der Waals surface area contributed by atoms with Gasteiger partial charge >= 0.3 is 0 Å². The molecule has 0 fully saturated rings. The number of amides is 1. The molecule has 9 heavy (non-hydrogen) atoms. The van der Waals surface area contributed by atoms with E-state index in [1.165, 1.54) is 0 Å². The minimum Gasteiger partial charge on any atom is -0.292 e. The van der Waals surface area contributed by atoms with E-state index in [9.17, 15) is 4.79 Å². The van der Waals surface area contributed by atoms with Gasteiger partial charge in [0.15, 0.2) is 0 Å². The fraction of sp³-hybridized carbons (Fsp3) is 0.833. The van der Waals surface area contributed by atoms with Crippen LogP contribution in [0.1, 0.15) is 26.2 Å². The van der Waals surface area contributed by atoms with Crippen LogP contribution < -0.4 is 10.9 Å². The molecule has 0 aliphatic heterocycles. The molecule has 0 aliphatic carbocycles. The molecule has 3 nitrogen and oxygen atoms in total. The first kappa shape index (κ1) is 8.43. The third kappa shape index (κ3) is 5.30. The van der Waals surface area contributed by atoms with Gasteiger partial charge in [-0.2, -0.15) is 0 Å². The fourth-order valence-corrected chi connectivity index (χ4v) is 0.539. The molecule has 0 aromatic heterocycles. The topological polar surface area (TPSA) is 41.1 Å². The van der Waals surface area contributed by atoms with Gasteiger partial charge in [0.05, 0.1) is 0 Å². The van der Waals surface area contributed by atoms with Gasteiger partial charge in [-0.15, -0.1) is 0 Å². The lowest BCUT2D eigenvalue weighted by Gasteiger charge is -1.99. The number of hydrazine groups is 1. The van der Waals surface area contributed by atoms with Gasteiger partial charge in [-0.3, -0.25) is 10.2 Å². The van der Waals surface area contributed by atoms with E-state index in [1.54, 1.807) is 7.05 Å². The summed E-state index contributed by atoms with van der Waals surface area (Å²) in [5.41, 5.74) is 5.07. The molecular formula is C6H14N2O. The molecule has 0 radical (unpaired) electrons. The molecule has 2 N–H and O–H groups in total. The first-order chi connectivity index (χ1) is 4.31. The maximum atomic E-state index is 10.6. The van der Waals surface area contributed by atoms with Crippen LogP contribution in [0.4, 0.5) is 0 Å². The molecular weight excluding hydrogens is 116 g/mol. The highest BCUT2D eigenvalue weighted by Gasteiger charge is 1.94. The lowest BCUT2D eigenvalue weighted by molar-refractivity contribution is -0.122. The summed E-state index contributed by atoms with van der Waals surface area (Å²) in [5, 5.41) is 0. The van der Waals surface area contributed by atoms with Gasteiger partial charge in [-0.25, -0.2) is 5.43 Å². The molecule has 0 aromatic rings. The molecule has 0 aromatic carbocycles. The number of rotatable bonds is 4. The predicted octanol–water partition coefficient (Wildman–Crippen LogP) is 0.427.